The Hall–Kier alpha value is -1.79. The van der Waals surface area contributed by atoms with Crippen LogP contribution in [0, 0.1) is 6.92 Å². The number of nitrogens with two attached hydrogens (primary N) is 1. The van der Waals surface area contributed by atoms with Crippen molar-refractivity contribution in [1.29, 1.82) is 0 Å². The predicted octanol–water partition coefficient (Wildman–Crippen LogP) is 1.88. The van der Waals surface area contributed by atoms with Gasteiger partial charge in [-0.2, -0.15) is 18.3 Å². The van der Waals surface area contributed by atoms with E-state index in [0.29, 0.717) is 5.69 Å². The first kappa shape index (κ1) is 10.7. The third-order valence-electron chi connectivity index (χ3n) is 2.31. The molecule has 4 nitrogen and oxygen atoms in total. The van der Waals surface area contributed by atoms with E-state index in [-0.39, 0.29) is 16.7 Å². The summed E-state index contributed by atoms with van der Waals surface area (Å²) >= 11 is 0. The fraction of sp³-hybridized carbons (Fsp3) is 0.333. The molecule has 0 aromatic carbocycles. The largest absolute Gasteiger partial charge is 0.435 e. The molecule has 7 heteroatoms. The molecule has 86 valence electrons. The summed E-state index contributed by atoms with van der Waals surface area (Å²) in [5.74, 6) is 0. The van der Waals surface area contributed by atoms with E-state index in [1.807, 2.05) is 0 Å². The van der Waals surface area contributed by atoms with Gasteiger partial charge in [-0.25, -0.2) is 9.67 Å². The highest BCUT2D eigenvalue weighted by atomic mass is 19.4. The number of alkyl halides is 3. The van der Waals surface area contributed by atoms with Crippen molar-refractivity contribution in [3.63, 3.8) is 0 Å². The number of hydrogen-bond acceptors (Lipinski definition) is 3. The molecular formula is C9H9F3N4. The van der Waals surface area contributed by atoms with Crippen molar-refractivity contribution < 1.29 is 13.2 Å². The first-order chi connectivity index (χ1) is 7.30. The Kier molecular flexibility index (Phi) is 2.08. The zero-order chi connectivity index (χ0) is 12.1. The van der Waals surface area contributed by atoms with E-state index in [4.69, 9.17) is 5.73 Å². The van der Waals surface area contributed by atoms with Crippen molar-refractivity contribution in [3.8, 4) is 0 Å². The molecule has 0 radical (unpaired) electrons. The maximum absolute atomic E-state index is 12.6. The Morgan fingerprint density at radius 3 is 2.56 bits per heavy atom. The molecule has 2 heterocycles. The van der Waals surface area contributed by atoms with E-state index in [1.165, 1.54) is 13.1 Å². The van der Waals surface area contributed by atoms with Crippen molar-refractivity contribution in [2.45, 2.75) is 13.1 Å². The number of halogens is 3. The topological polar surface area (TPSA) is 56.7 Å². The third kappa shape index (κ3) is 1.48. The second-order valence-corrected chi connectivity index (χ2v) is 3.50. The lowest BCUT2D eigenvalue weighted by molar-refractivity contribution is -0.140. The van der Waals surface area contributed by atoms with Crippen molar-refractivity contribution in [2.24, 2.45) is 7.05 Å². The van der Waals surface area contributed by atoms with Gasteiger partial charge in [0.25, 0.3) is 0 Å². The Bertz CT molecular complexity index is 556. The van der Waals surface area contributed by atoms with Crippen LogP contribution >= 0.6 is 0 Å². The molecule has 0 saturated heterocycles. The van der Waals surface area contributed by atoms with Crippen LogP contribution in [0.25, 0.3) is 11.0 Å². The van der Waals surface area contributed by atoms with Crippen LogP contribution in [0.3, 0.4) is 0 Å². The van der Waals surface area contributed by atoms with E-state index >= 15 is 0 Å². The molecule has 0 amide bonds. The van der Waals surface area contributed by atoms with E-state index in [9.17, 15) is 13.2 Å². The van der Waals surface area contributed by atoms with Crippen molar-refractivity contribution in [1.82, 2.24) is 14.8 Å². The first-order valence-electron chi connectivity index (χ1n) is 4.47. The van der Waals surface area contributed by atoms with Crippen molar-refractivity contribution in [2.75, 3.05) is 5.73 Å². The summed E-state index contributed by atoms with van der Waals surface area (Å²) in [4.78, 5) is 3.98. The molecule has 2 aromatic heterocycles. The number of nitrogens with zero attached hydrogens (tertiary/aromatic N) is 3. The second-order valence-electron chi connectivity index (χ2n) is 3.50. The smallest absolute Gasteiger partial charge is 0.397 e. The van der Waals surface area contributed by atoms with Crippen molar-refractivity contribution >= 4 is 16.7 Å². The molecule has 16 heavy (non-hydrogen) atoms. The van der Waals surface area contributed by atoms with Crippen LogP contribution in [0.15, 0.2) is 6.07 Å². The lowest BCUT2D eigenvalue weighted by Crippen LogP contribution is -2.07. The predicted molar refractivity (Wildman–Crippen MR) is 52.7 cm³/mol. The lowest BCUT2D eigenvalue weighted by atomic mass is 10.2. The van der Waals surface area contributed by atoms with E-state index in [2.05, 4.69) is 10.1 Å². The second kappa shape index (κ2) is 3.10. The standard InChI is InChI=1S/C9H9F3N4/c1-4-6(13)3-5-7(9(10,11)12)15-16(2)8(5)14-4/h3H,13H2,1-2H3. The number of rotatable bonds is 0. The minimum atomic E-state index is -4.50. The van der Waals surface area contributed by atoms with Gasteiger partial charge in [0, 0.05) is 7.05 Å². The van der Waals surface area contributed by atoms with E-state index in [1.54, 1.807) is 6.92 Å². The van der Waals surface area contributed by atoms with Crippen LogP contribution in [0.2, 0.25) is 0 Å². The molecule has 0 aliphatic heterocycles. The fourth-order valence-electron chi connectivity index (χ4n) is 1.49. The van der Waals surface area contributed by atoms with Crippen molar-refractivity contribution in [3.05, 3.63) is 17.5 Å². The average molecular weight is 230 g/mol. The molecule has 0 atom stereocenters. The number of nitrogen functional groups attached to an aromatic ring is 1. The summed E-state index contributed by atoms with van der Waals surface area (Å²) in [7, 11) is 1.42. The molecule has 2 N–H and O–H groups in total. The average Bonchev–Trinajstić information content (AvgIpc) is 2.45. The van der Waals surface area contributed by atoms with Crippen LogP contribution in [-0.2, 0) is 13.2 Å². The molecular weight excluding hydrogens is 221 g/mol. The minimum Gasteiger partial charge on any atom is -0.397 e. The lowest BCUT2D eigenvalue weighted by Gasteiger charge is -2.03. The Morgan fingerprint density at radius 1 is 1.38 bits per heavy atom. The van der Waals surface area contributed by atoms with E-state index in [0.717, 1.165) is 4.68 Å². The molecule has 0 spiro atoms. The number of fused-ring (bicyclic) bond motifs is 1. The quantitative estimate of drug-likeness (QED) is 0.751. The molecule has 2 aromatic rings. The maximum Gasteiger partial charge on any atom is 0.435 e. The third-order valence-corrected chi connectivity index (χ3v) is 2.31. The highest BCUT2D eigenvalue weighted by Gasteiger charge is 2.37. The molecule has 0 bridgehead atoms. The van der Waals surface area contributed by atoms with Gasteiger partial charge in [0.05, 0.1) is 16.8 Å². The SMILES string of the molecule is Cc1nc2c(cc1N)c(C(F)(F)F)nn2C. The maximum atomic E-state index is 12.6. The summed E-state index contributed by atoms with van der Waals surface area (Å²) in [6, 6.07) is 1.26. The zero-order valence-corrected chi connectivity index (χ0v) is 8.63. The van der Waals surface area contributed by atoms with Crippen LogP contribution in [0.4, 0.5) is 18.9 Å². The van der Waals surface area contributed by atoms with Gasteiger partial charge in [0.1, 0.15) is 0 Å². The molecule has 0 fully saturated rings. The van der Waals surface area contributed by atoms with Gasteiger partial charge in [-0.3, -0.25) is 0 Å². The Labute approximate surface area is 88.9 Å². The number of hydrogen-bond donors (Lipinski definition) is 1. The summed E-state index contributed by atoms with van der Waals surface area (Å²) in [5, 5.41) is 3.35. The van der Waals surface area contributed by atoms with E-state index < -0.39 is 11.9 Å². The summed E-state index contributed by atoms with van der Waals surface area (Å²) in [6.45, 7) is 1.63. The molecule has 0 aliphatic carbocycles. The number of aryl methyl sites for hydroxylation is 2. The monoisotopic (exact) mass is 230 g/mol. The normalized spacial score (nSPS) is 12.3. The van der Waals surface area contributed by atoms with Gasteiger partial charge in [-0.15, -0.1) is 0 Å². The highest BCUT2D eigenvalue weighted by Crippen LogP contribution is 2.34. The van der Waals surface area contributed by atoms with Crippen LogP contribution in [0.5, 0.6) is 0 Å². The summed E-state index contributed by atoms with van der Waals surface area (Å²) < 4.78 is 39.0. The molecule has 0 aliphatic rings. The highest BCUT2D eigenvalue weighted by molar-refractivity contribution is 5.82. The summed E-state index contributed by atoms with van der Waals surface area (Å²) in [6.07, 6.45) is -4.50. The van der Waals surface area contributed by atoms with Gasteiger partial charge >= 0.3 is 6.18 Å². The van der Waals surface area contributed by atoms with Gasteiger partial charge in [-0.1, -0.05) is 0 Å². The minimum absolute atomic E-state index is 0.0712. The number of anilines is 1. The van der Waals surface area contributed by atoms with Crippen LogP contribution in [0.1, 0.15) is 11.4 Å². The Balaban J connectivity index is 2.84. The van der Waals surface area contributed by atoms with Crippen LogP contribution < -0.4 is 5.73 Å². The molecule has 0 saturated carbocycles. The Morgan fingerprint density at radius 2 is 2.00 bits per heavy atom. The first-order valence-corrected chi connectivity index (χ1v) is 4.47. The summed E-state index contributed by atoms with van der Waals surface area (Å²) in [5.41, 5.74) is 5.48. The fourth-order valence-corrected chi connectivity index (χ4v) is 1.49. The van der Waals surface area contributed by atoms with Crippen LogP contribution in [-0.4, -0.2) is 14.8 Å². The number of aromatic nitrogens is 3. The van der Waals surface area contributed by atoms with Gasteiger partial charge in [0.2, 0.25) is 0 Å². The van der Waals surface area contributed by atoms with Gasteiger partial charge in [0.15, 0.2) is 11.3 Å². The molecule has 0 unspecified atom stereocenters. The molecule has 2 rings (SSSR count). The van der Waals surface area contributed by atoms with Gasteiger partial charge < -0.3 is 5.73 Å². The zero-order valence-electron chi connectivity index (χ0n) is 8.63. The van der Waals surface area contributed by atoms with Gasteiger partial charge in [-0.05, 0) is 13.0 Å². The number of pyridine rings is 1.